The van der Waals surface area contributed by atoms with Gasteiger partial charge in [0.15, 0.2) is 5.65 Å². The molecule has 0 radical (unpaired) electrons. The van der Waals surface area contributed by atoms with Crippen LogP contribution >= 0.6 is 11.3 Å². The zero-order valence-corrected chi connectivity index (χ0v) is 13.4. The Bertz CT molecular complexity index is 913. The molecule has 24 heavy (non-hydrogen) atoms. The van der Waals surface area contributed by atoms with Gasteiger partial charge in [0, 0.05) is 17.7 Å². The van der Waals surface area contributed by atoms with E-state index in [-0.39, 0.29) is 30.3 Å². The number of aromatic nitrogens is 3. The highest BCUT2D eigenvalue weighted by molar-refractivity contribution is 7.09. The van der Waals surface area contributed by atoms with E-state index >= 15 is 0 Å². The van der Waals surface area contributed by atoms with E-state index in [1.54, 1.807) is 23.5 Å². The molecule has 0 spiro atoms. The van der Waals surface area contributed by atoms with Gasteiger partial charge in [-0.3, -0.25) is 14.6 Å². The molecule has 4 N–H and O–H groups in total. The van der Waals surface area contributed by atoms with Crippen LogP contribution in [0.15, 0.2) is 34.4 Å². The number of nitrogens with one attached hydrogen (secondary N) is 4. The monoisotopic (exact) mass is 345 g/mol. The molecule has 0 aliphatic rings. The van der Waals surface area contributed by atoms with Crippen LogP contribution in [-0.4, -0.2) is 26.8 Å². The molecular formula is C15H15N5O3S. The molecule has 8 nitrogen and oxygen atoms in total. The van der Waals surface area contributed by atoms with Gasteiger partial charge in [-0.1, -0.05) is 6.07 Å². The molecule has 0 saturated heterocycles. The van der Waals surface area contributed by atoms with E-state index in [0.29, 0.717) is 23.5 Å². The third kappa shape index (κ3) is 4.07. The van der Waals surface area contributed by atoms with E-state index in [0.717, 1.165) is 4.88 Å². The van der Waals surface area contributed by atoms with Crippen molar-refractivity contribution in [3.63, 3.8) is 0 Å². The quantitative estimate of drug-likeness (QED) is 0.539. The first-order chi connectivity index (χ1) is 11.6. The van der Waals surface area contributed by atoms with Crippen molar-refractivity contribution in [3.8, 4) is 0 Å². The molecule has 3 aromatic heterocycles. The van der Waals surface area contributed by atoms with Gasteiger partial charge in [-0.25, -0.2) is 9.78 Å². The van der Waals surface area contributed by atoms with Crippen molar-refractivity contribution >= 4 is 40.1 Å². The fraction of sp³-hybridized carbons (Fsp3) is 0.200. The molecule has 0 atom stereocenters. The van der Waals surface area contributed by atoms with Crippen molar-refractivity contribution in [1.82, 2.24) is 20.3 Å². The van der Waals surface area contributed by atoms with Crippen LogP contribution in [0.5, 0.6) is 0 Å². The van der Waals surface area contributed by atoms with E-state index in [1.165, 1.54) is 0 Å². The Labute approximate surface area is 140 Å². The van der Waals surface area contributed by atoms with Crippen LogP contribution in [0.25, 0.3) is 11.2 Å². The fourth-order valence-corrected chi connectivity index (χ4v) is 2.75. The average Bonchev–Trinajstić information content (AvgIpc) is 3.18. The first-order valence-electron chi connectivity index (χ1n) is 7.28. The number of nitrogens with zero attached hydrogens (tertiary/aromatic N) is 1. The largest absolute Gasteiger partial charge is 0.351 e. The molecule has 0 aliphatic heterocycles. The minimum Gasteiger partial charge on any atom is -0.351 e. The first kappa shape index (κ1) is 15.9. The predicted octanol–water partition coefficient (Wildman–Crippen LogP) is 1.35. The van der Waals surface area contributed by atoms with Gasteiger partial charge in [0.2, 0.25) is 11.8 Å². The van der Waals surface area contributed by atoms with Gasteiger partial charge in [0.05, 0.1) is 12.1 Å². The summed E-state index contributed by atoms with van der Waals surface area (Å²) in [6, 6.07) is 7.08. The number of hydrogen-bond acceptors (Lipinski definition) is 5. The number of carbonyl (C=O) groups is 2. The molecule has 0 bridgehead atoms. The maximum atomic E-state index is 11.9. The van der Waals surface area contributed by atoms with Gasteiger partial charge in [-0.15, -0.1) is 11.3 Å². The predicted molar refractivity (Wildman–Crippen MR) is 90.7 cm³/mol. The van der Waals surface area contributed by atoms with Crippen molar-refractivity contribution in [2.75, 3.05) is 5.32 Å². The molecule has 124 valence electrons. The number of hydrogen-bond donors (Lipinski definition) is 4. The molecule has 3 aromatic rings. The van der Waals surface area contributed by atoms with E-state index in [9.17, 15) is 14.4 Å². The number of amides is 2. The summed E-state index contributed by atoms with van der Waals surface area (Å²) in [4.78, 5) is 45.0. The zero-order valence-electron chi connectivity index (χ0n) is 12.6. The van der Waals surface area contributed by atoms with Gasteiger partial charge < -0.3 is 15.6 Å². The number of pyridine rings is 1. The number of fused-ring (bicyclic) bond motifs is 1. The maximum Gasteiger partial charge on any atom is 0.325 e. The van der Waals surface area contributed by atoms with Crippen LogP contribution < -0.4 is 16.3 Å². The molecule has 3 rings (SSSR count). The Morgan fingerprint density at radius 3 is 2.75 bits per heavy atom. The Balaban J connectivity index is 1.47. The lowest BCUT2D eigenvalue weighted by atomic mass is 10.2. The Hall–Kier alpha value is -2.94. The number of thiophene rings is 1. The lowest BCUT2D eigenvalue weighted by Crippen LogP contribution is -2.24. The number of carbonyl (C=O) groups excluding carboxylic acids is 2. The summed E-state index contributed by atoms with van der Waals surface area (Å²) in [6.45, 7) is 0.469. The topological polar surface area (TPSA) is 120 Å². The third-order valence-electron chi connectivity index (χ3n) is 3.26. The van der Waals surface area contributed by atoms with Gasteiger partial charge in [0.25, 0.3) is 0 Å². The lowest BCUT2D eigenvalue weighted by Gasteiger charge is -2.05. The standard InChI is InChI=1S/C15H15N5O3S/c21-12(16-8-9-2-1-7-24-9)5-6-13(22)18-11-4-3-10-14(19-11)20-15(23)17-10/h1-4,7H,5-6,8H2,(H,16,21)(H3,17,18,19,20,22,23). The summed E-state index contributed by atoms with van der Waals surface area (Å²) in [5, 5.41) is 7.31. The van der Waals surface area contributed by atoms with E-state index in [1.807, 2.05) is 17.5 Å². The van der Waals surface area contributed by atoms with E-state index in [4.69, 9.17) is 0 Å². The summed E-state index contributed by atoms with van der Waals surface area (Å²) >= 11 is 1.56. The van der Waals surface area contributed by atoms with Crippen LogP contribution in [0.1, 0.15) is 17.7 Å². The highest BCUT2D eigenvalue weighted by Crippen LogP contribution is 2.10. The molecule has 9 heteroatoms. The van der Waals surface area contributed by atoms with E-state index in [2.05, 4.69) is 25.6 Å². The lowest BCUT2D eigenvalue weighted by molar-refractivity contribution is -0.124. The second-order valence-electron chi connectivity index (χ2n) is 5.08. The summed E-state index contributed by atoms with van der Waals surface area (Å²) in [7, 11) is 0. The highest BCUT2D eigenvalue weighted by atomic mass is 32.1. The Morgan fingerprint density at radius 2 is 1.96 bits per heavy atom. The van der Waals surface area contributed by atoms with Crippen molar-refractivity contribution in [3.05, 3.63) is 45.0 Å². The molecule has 0 aromatic carbocycles. The zero-order chi connectivity index (χ0) is 16.9. The number of rotatable bonds is 6. The first-order valence-corrected chi connectivity index (χ1v) is 8.16. The molecule has 3 heterocycles. The third-order valence-corrected chi connectivity index (χ3v) is 4.14. The molecule has 0 saturated carbocycles. The van der Waals surface area contributed by atoms with Crippen LogP contribution in [0, 0.1) is 0 Å². The average molecular weight is 345 g/mol. The molecule has 2 amide bonds. The fourth-order valence-electron chi connectivity index (χ4n) is 2.11. The number of imidazole rings is 1. The van der Waals surface area contributed by atoms with Gasteiger partial charge in [-0.2, -0.15) is 0 Å². The Morgan fingerprint density at radius 1 is 1.12 bits per heavy atom. The second-order valence-corrected chi connectivity index (χ2v) is 6.11. The summed E-state index contributed by atoms with van der Waals surface area (Å²) in [6.07, 6.45) is 0.153. The number of H-pyrrole nitrogens is 2. The number of anilines is 1. The number of aromatic amines is 2. The minimum absolute atomic E-state index is 0.0552. The van der Waals surface area contributed by atoms with Crippen LogP contribution in [0.3, 0.4) is 0 Å². The molecule has 0 unspecified atom stereocenters. The van der Waals surface area contributed by atoms with Gasteiger partial charge >= 0.3 is 5.69 Å². The van der Waals surface area contributed by atoms with Crippen molar-refractivity contribution in [1.29, 1.82) is 0 Å². The summed E-state index contributed by atoms with van der Waals surface area (Å²) in [5.74, 6) is -0.176. The summed E-state index contributed by atoms with van der Waals surface area (Å²) < 4.78 is 0. The molecule has 0 aliphatic carbocycles. The normalized spacial score (nSPS) is 10.7. The van der Waals surface area contributed by atoms with Crippen LogP contribution in [0.2, 0.25) is 0 Å². The molecule has 0 fully saturated rings. The minimum atomic E-state index is -0.358. The smallest absolute Gasteiger partial charge is 0.325 e. The van der Waals surface area contributed by atoms with Crippen molar-refractivity contribution < 1.29 is 9.59 Å². The SMILES string of the molecule is O=C(CCC(=O)Nc1ccc2[nH]c(=O)[nH]c2n1)NCc1cccs1. The van der Waals surface area contributed by atoms with Crippen molar-refractivity contribution in [2.45, 2.75) is 19.4 Å². The second kappa shape index (κ2) is 7.09. The van der Waals surface area contributed by atoms with Crippen LogP contribution in [0.4, 0.5) is 5.82 Å². The van der Waals surface area contributed by atoms with Gasteiger partial charge in [-0.05, 0) is 23.6 Å². The van der Waals surface area contributed by atoms with Crippen molar-refractivity contribution in [2.24, 2.45) is 0 Å². The summed E-state index contributed by atoms with van der Waals surface area (Å²) in [5.41, 5.74) is 0.570. The Kier molecular flexibility index (Phi) is 4.71. The van der Waals surface area contributed by atoms with E-state index < -0.39 is 0 Å². The molecular weight excluding hydrogens is 330 g/mol. The van der Waals surface area contributed by atoms with Gasteiger partial charge in [0.1, 0.15) is 5.82 Å². The van der Waals surface area contributed by atoms with Crippen LogP contribution in [-0.2, 0) is 16.1 Å². The maximum absolute atomic E-state index is 11.9. The highest BCUT2D eigenvalue weighted by Gasteiger charge is 2.09.